The van der Waals surface area contributed by atoms with E-state index in [1.807, 2.05) is 0 Å². The third-order valence-electron chi connectivity index (χ3n) is 6.64. The summed E-state index contributed by atoms with van der Waals surface area (Å²) in [6.45, 7) is 0. The van der Waals surface area contributed by atoms with Crippen molar-refractivity contribution in [2.75, 3.05) is 7.05 Å². The van der Waals surface area contributed by atoms with Gasteiger partial charge in [-0.05, 0) is 50.7 Å². The van der Waals surface area contributed by atoms with E-state index in [9.17, 15) is 14.4 Å². The molecule has 1 aliphatic heterocycles. The summed E-state index contributed by atoms with van der Waals surface area (Å²) in [7, 11) is 1.70. The Labute approximate surface area is 166 Å². The van der Waals surface area contributed by atoms with Crippen LogP contribution in [0.15, 0.2) is 24.3 Å². The third-order valence-corrected chi connectivity index (χ3v) is 6.64. The van der Waals surface area contributed by atoms with Crippen LogP contribution in [0.3, 0.4) is 0 Å². The molecule has 0 spiro atoms. The Hall–Kier alpha value is -2.21. The lowest BCUT2D eigenvalue weighted by molar-refractivity contribution is -0.126. The zero-order valence-electron chi connectivity index (χ0n) is 16.4. The Morgan fingerprint density at radius 2 is 1.64 bits per heavy atom. The van der Waals surface area contributed by atoms with Gasteiger partial charge in [0.1, 0.15) is 0 Å². The molecular formula is C22H29N3O3. The number of benzene rings is 1. The van der Waals surface area contributed by atoms with Gasteiger partial charge in [-0.3, -0.25) is 19.3 Å². The van der Waals surface area contributed by atoms with E-state index in [2.05, 4.69) is 10.6 Å². The molecule has 2 fully saturated rings. The van der Waals surface area contributed by atoms with Crippen LogP contribution >= 0.6 is 0 Å². The van der Waals surface area contributed by atoms with E-state index in [1.165, 1.54) is 4.90 Å². The molecule has 4 rings (SSSR count). The average Bonchev–Trinajstić information content (AvgIpc) is 2.99. The number of carbonyl (C=O) groups is 3. The van der Waals surface area contributed by atoms with E-state index < -0.39 is 0 Å². The quantitative estimate of drug-likeness (QED) is 0.783. The number of fused-ring (bicyclic) bond motifs is 1. The van der Waals surface area contributed by atoms with Gasteiger partial charge in [0.2, 0.25) is 5.91 Å². The highest BCUT2D eigenvalue weighted by Crippen LogP contribution is 2.32. The molecule has 4 unspecified atom stereocenters. The standard InChI is InChI=1S/C22H29N3O3/c1-23-20(26)18-11-4-5-12-19(18)24-14-7-6-8-15(13-14)25-21(27)16-9-2-3-10-17(16)22(25)28/h2-3,9-10,14-15,18-19,24H,4-8,11-13H2,1H3,(H,23,26). The van der Waals surface area contributed by atoms with Crippen LogP contribution in [-0.4, -0.2) is 47.8 Å². The molecule has 3 amide bonds. The van der Waals surface area contributed by atoms with Crippen molar-refractivity contribution < 1.29 is 14.4 Å². The van der Waals surface area contributed by atoms with Crippen molar-refractivity contribution in [3.8, 4) is 0 Å². The molecule has 0 bridgehead atoms. The molecule has 1 aromatic rings. The van der Waals surface area contributed by atoms with Crippen molar-refractivity contribution in [3.63, 3.8) is 0 Å². The summed E-state index contributed by atoms with van der Waals surface area (Å²) >= 11 is 0. The number of imide groups is 1. The van der Waals surface area contributed by atoms with Crippen molar-refractivity contribution in [2.45, 2.75) is 69.5 Å². The molecule has 2 aliphatic carbocycles. The van der Waals surface area contributed by atoms with Crippen LogP contribution in [0.2, 0.25) is 0 Å². The normalized spacial score (nSPS) is 30.2. The fraction of sp³-hybridized carbons (Fsp3) is 0.591. The minimum absolute atomic E-state index is 0.0124. The van der Waals surface area contributed by atoms with E-state index in [0.717, 1.165) is 51.4 Å². The second-order valence-corrected chi connectivity index (χ2v) is 8.32. The smallest absolute Gasteiger partial charge is 0.261 e. The van der Waals surface area contributed by atoms with Crippen molar-refractivity contribution in [1.82, 2.24) is 15.5 Å². The number of amides is 3. The summed E-state index contributed by atoms with van der Waals surface area (Å²) < 4.78 is 0. The van der Waals surface area contributed by atoms with Crippen LogP contribution in [0, 0.1) is 5.92 Å². The zero-order chi connectivity index (χ0) is 19.7. The Morgan fingerprint density at radius 1 is 0.964 bits per heavy atom. The maximum absolute atomic E-state index is 12.8. The molecule has 4 atom stereocenters. The summed E-state index contributed by atoms with van der Waals surface area (Å²) in [4.78, 5) is 39.4. The minimum atomic E-state index is -0.160. The van der Waals surface area contributed by atoms with E-state index in [0.29, 0.717) is 11.1 Å². The van der Waals surface area contributed by atoms with Crippen LogP contribution in [-0.2, 0) is 4.79 Å². The molecule has 2 N–H and O–H groups in total. The van der Waals surface area contributed by atoms with E-state index in [4.69, 9.17) is 0 Å². The van der Waals surface area contributed by atoms with Gasteiger partial charge >= 0.3 is 0 Å². The first-order valence-electron chi connectivity index (χ1n) is 10.5. The minimum Gasteiger partial charge on any atom is -0.359 e. The maximum atomic E-state index is 12.8. The van der Waals surface area contributed by atoms with Crippen LogP contribution < -0.4 is 10.6 Å². The fourth-order valence-corrected chi connectivity index (χ4v) is 5.22. The van der Waals surface area contributed by atoms with Crippen LogP contribution in [0.1, 0.15) is 72.1 Å². The highest BCUT2D eigenvalue weighted by atomic mass is 16.2. The van der Waals surface area contributed by atoms with Gasteiger partial charge in [0.15, 0.2) is 0 Å². The second-order valence-electron chi connectivity index (χ2n) is 8.32. The molecular weight excluding hydrogens is 354 g/mol. The van der Waals surface area contributed by atoms with Gasteiger partial charge in [-0.25, -0.2) is 0 Å². The van der Waals surface area contributed by atoms with Crippen LogP contribution in [0.5, 0.6) is 0 Å². The van der Waals surface area contributed by atoms with Crippen molar-refractivity contribution in [2.24, 2.45) is 5.92 Å². The Morgan fingerprint density at radius 3 is 2.32 bits per heavy atom. The first-order valence-corrected chi connectivity index (χ1v) is 10.5. The van der Waals surface area contributed by atoms with Gasteiger partial charge in [-0.15, -0.1) is 0 Å². The Balaban J connectivity index is 1.44. The number of nitrogens with zero attached hydrogens (tertiary/aromatic N) is 1. The average molecular weight is 383 g/mol. The number of hydrogen-bond donors (Lipinski definition) is 2. The summed E-state index contributed by atoms with van der Waals surface area (Å²) in [6, 6.07) is 7.44. The third kappa shape index (κ3) is 3.46. The lowest BCUT2D eigenvalue weighted by Gasteiger charge is -2.39. The Kier molecular flexibility index (Phi) is 5.49. The van der Waals surface area contributed by atoms with Crippen LogP contribution in [0.4, 0.5) is 0 Å². The molecule has 6 heteroatoms. The van der Waals surface area contributed by atoms with Crippen molar-refractivity contribution in [1.29, 1.82) is 0 Å². The highest BCUT2D eigenvalue weighted by molar-refractivity contribution is 6.21. The SMILES string of the molecule is CNC(=O)C1CCCCC1NC1CCCC(N2C(=O)c3ccccc3C2=O)C1. The molecule has 0 saturated heterocycles. The summed E-state index contributed by atoms with van der Waals surface area (Å²) in [5, 5.41) is 6.52. The van der Waals surface area contributed by atoms with E-state index in [1.54, 1.807) is 31.3 Å². The molecule has 0 aromatic heterocycles. The predicted octanol–water partition coefficient (Wildman–Crippen LogP) is 2.49. The first kappa shape index (κ1) is 19.1. The molecule has 1 aromatic carbocycles. The van der Waals surface area contributed by atoms with Gasteiger partial charge in [0.05, 0.1) is 17.0 Å². The first-order chi connectivity index (χ1) is 13.6. The molecule has 28 heavy (non-hydrogen) atoms. The number of carbonyl (C=O) groups excluding carboxylic acids is 3. The summed E-state index contributed by atoms with van der Waals surface area (Å²) in [6.07, 6.45) is 7.79. The fourth-order valence-electron chi connectivity index (χ4n) is 5.22. The van der Waals surface area contributed by atoms with Crippen molar-refractivity contribution >= 4 is 17.7 Å². The van der Waals surface area contributed by atoms with E-state index in [-0.39, 0.29) is 41.8 Å². The van der Waals surface area contributed by atoms with Gasteiger partial charge in [-0.1, -0.05) is 25.0 Å². The van der Waals surface area contributed by atoms with Gasteiger partial charge in [0, 0.05) is 25.2 Å². The molecule has 2 saturated carbocycles. The molecule has 6 nitrogen and oxygen atoms in total. The van der Waals surface area contributed by atoms with Crippen molar-refractivity contribution in [3.05, 3.63) is 35.4 Å². The van der Waals surface area contributed by atoms with E-state index >= 15 is 0 Å². The lowest BCUT2D eigenvalue weighted by Crippen LogP contribution is -2.53. The van der Waals surface area contributed by atoms with Gasteiger partial charge < -0.3 is 10.6 Å². The Bertz CT molecular complexity index is 743. The number of nitrogens with one attached hydrogen (secondary N) is 2. The zero-order valence-corrected chi connectivity index (χ0v) is 16.4. The molecule has 1 heterocycles. The molecule has 0 radical (unpaired) electrons. The van der Waals surface area contributed by atoms with Gasteiger partial charge in [-0.2, -0.15) is 0 Å². The van der Waals surface area contributed by atoms with Crippen LogP contribution in [0.25, 0.3) is 0 Å². The largest absolute Gasteiger partial charge is 0.359 e. The topological polar surface area (TPSA) is 78.5 Å². The maximum Gasteiger partial charge on any atom is 0.261 e. The number of hydrogen-bond acceptors (Lipinski definition) is 4. The number of rotatable bonds is 4. The molecule has 150 valence electrons. The second kappa shape index (κ2) is 8.03. The summed E-state index contributed by atoms with van der Waals surface area (Å²) in [5.41, 5.74) is 1.05. The lowest BCUT2D eigenvalue weighted by atomic mass is 9.82. The molecule has 3 aliphatic rings. The summed E-state index contributed by atoms with van der Waals surface area (Å²) in [5.74, 6) is -0.192. The highest BCUT2D eigenvalue weighted by Gasteiger charge is 2.42. The predicted molar refractivity (Wildman–Crippen MR) is 106 cm³/mol. The monoisotopic (exact) mass is 383 g/mol. The van der Waals surface area contributed by atoms with Gasteiger partial charge in [0.25, 0.3) is 11.8 Å².